The minimum absolute atomic E-state index is 0.0568. The first kappa shape index (κ1) is 15.9. The van der Waals surface area contributed by atoms with Crippen LogP contribution in [0.25, 0.3) is 5.57 Å². The van der Waals surface area contributed by atoms with Gasteiger partial charge in [0.05, 0.1) is 17.6 Å². The summed E-state index contributed by atoms with van der Waals surface area (Å²) < 4.78 is 1.42. The number of nitro groups is 1. The van der Waals surface area contributed by atoms with Gasteiger partial charge >= 0.3 is 5.69 Å². The summed E-state index contributed by atoms with van der Waals surface area (Å²) in [5.41, 5.74) is 1.31. The smallest absolute Gasteiger partial charge is 0.306 e. The molecule has 2 aromatic rings. The molecule has 0 saturated carbocycles. The highest BCUT2D eigenvalue weighted by atomic mass is 32.1. The predicted molar refractivity (Wildman–Crippen MR) is 88.2 cm³/mol. The zero-order valence-corrected chi connectivity index (χ0v) is 13.4. The van der Waals surface area contributed by atoms with E-state index in [9.17, 15) is 15.2 Å². The number of rotatable bonds is 6. The maximum absolute atomic E-state index is 10.6. The summed E-state index contributed by atoms with van der Waals surface area (Å²) in [5.74, 6) is 0. The molecule has 1 aliphatic rings. The van der Waals surface area contributed by atoms with E-state index in [1.165, 1.54) is 27.5 Å². The van der Waals surface area contributed by atoms with Gasteiger partial charge in [0, 0.05) is 24.5 Å². The van der Waals surface area contributed by atoms with Crippen LogP contribution in [0.15, 0.2) is 36.0 Å². The fourth-order valence-electron chi connectivity index (χ4n) is 2.68. The first-order valence-corrected chi connectivity index (χ1v) is 8.30. The normalized spacial score (nSPS) is 17.0. The molecule has 3 rings (SSSR count). The Morgan fingerprint density at radius 2 is 2.35 bits per heavy atom. The number of hydrogen-bond acceptors (Lipinski definition) is 6. The van der Waals surface area contributed by atoms with Gasteiger partial charge in [-0.3, -0.25) is 19.7 Å². The van der Waals surface area contributed by atoms with Crippen LogP contribution >= 0.6 is 11.3 Å². The van der Waals surface area contributed by atoms with Crippen molar-refractivity contribution in [3.8, 4) is 0 Å². The molecule has 1 atom stereocenters. The second-order valence-electron chi connectivity index (χ2n) is 5.55. The monoisotopic (exact) mass is 334 g/mol. The highest BCUT2D eigenvalue weighted by Crippen LogP contribution is 2.26. The fourth-order valence-corrected chi connectivity index (χ4v) is 3.48. The van der Waals surface area contributed by atoms with Crippen molar-refractivity contribution in [2.24, 2.45) is 0 Å². The van der Waals surface area contributed by atoms with E-state index in [0.717, 1.165) is 19.5 Å². The molecule has 0 radical (unpaired) electrons. The summed E-state index contributed by atoms with van der Waals surface area (Å²) in [5, 5.41) is 26.8. The summed E-state index contributed by atoms with van der Waals surface area (Å²) in [7, 11) is 0. The summed E-state index contributed by atoms with van der Waals surface area (Å²) in [6, 6.07) is 4.19. The largest absolute Gasteiger partial charge is 0.390 e. The van der Waals surface area contributed by atoms with E-state index in [1.807, 2.05) is 0 Å². The molecule has 0 saturated heterocycles. The number of nitrogens with zero attached hydrogens (tertiary/aromatic N) is 4. The van der Waals surface area contributed by atoms with Crippen LogP contribution in [-0.4, -0.2) is 50.4 Å². The molecule has 0 bridgehead atoms. The van der Waals surface area contributed by atoms with Crippen LogP contribution in [0.4, 0.5) is 5.69 Å². The molecular weight excluding hydrogens is 316 g/mol. The highest BCUT2D eigenvalue weighted by Gasteiger charge is 2.18. The molecule has 1 aliphatic heterocycles. The maximum atomic E-state index is 10.6. The van der Waals surface area contributed by atoms with Gasteiger partial charge < -0.3 is 5.11 Å². The molecule has 7 nitrogen and oxygen atoms in total. The van der Waals surface area contributed by atoms with Gasteiger partial charge in [0.1, 0.15) is 12.4 Å². The summed E-state index contributed by atoms with van der Waals surface area (Å²) >= 11 is 1.75. The highest BCUT2D eigenvalue weighted by molar-refractivity contribution is 7.11. The quantitative estimate of drug-likeness (QED) is 0.645. The average molecular weight is 334 g/mol. The van der Waals surface area contributed by atoms with Crippen molar-refractivity contribution in [2.45, 2.75) is 19.1 Å². The summed E-state index contributed by atoms with van der Waals surface area (Å²) in [4.78, 5) is 13.6. The number of aromatic nitrogens is 2. The van der Waals surface area contributed by atoms with Crippen LogP contribution < -0.4 is 0 Å². The molecule has 0 aromatic carbocycles. The second-order valence-corrected chi connectivity index (χ2v) is 6.50. The van der Waals surface area contributed by atoms with Gasteiger partial charge in [0.2, 0.25) is 0 Å². The van der Waals surface area contributed by atoms with E-state index in [4.69, 9.17) is 0 Å². The summed E-state index contributed by atoms with van der Waals surface area (Å²) in [6.45, 7) is 2.50. The van der Waals surface area contributed by atoms with E-state index in [1.54, 1.807) is 11.3 Å². The third-order valence-corrected chi connectivity index (χ3v) is 4.77. The lowest BCUT2D eigenvalue weighted by Crippen LogP contribution is -2.37. The van der Waals surface area contributed by atoms with Crippen LogP contribution in [0.3, 0.4) is 0 Å². The molecule has 1 unspecified atom stereocenters. The van der Waals surface area contributed by atoms with Crippen LogP contribution in [0.5, 0.6) is 0 Å². The third-order valence-electron chi connectivity index (χ3n) is 3.83. The Hall–Kier alpha value is -2.03. The molecular formula is C15H18N4O3S. The molecule has 0 amide bonds. The molecule has 23 heavy (non-hydrogen) atoms. The molecule has 0 aliphatic carbocycles. The van der Waals surface area contributed by atoms with Crippen LogP contribution in [-0.2, 0) is 6.54 Å². The number of thiophene rings is 1. The lowest BCUT2D eigenvalue weighted by molar-refractivity contribution is -0.385. The van der Waals surface area contributed by atoms with E-state index in [0.29, 0.717) is 6.54 Å². The van der Waals surface area contributed by atoms with Gasteiger partial charge in [-0.15, -0.1) is 11.3 Å². The van der Waals surface area contributed by atoms with Gasteiger partial charge in [0.15, 0.2) is 0 Å². The van der Waals surface area contributed by atoms with Crippen molar-refractivity contribution in [2.75, 3.05) is 19.6 Å². The first-order chi connectivity index (χ1) is 11.1. The summed E-state index contributed by atoms with van der Waals surface area (Å²) in [6.07, 6.45) is 5.12. The van der Waals surface area contributed by atoms with Crippen molar-refractivity contribution in [1.82, 2.24) is 14.7 Å². The molecule has 0 fully saturated rings. The number of hydrogen-bond donors (Lipinski definition) is 1. The van der Waals surface area contributed by atoms with Crippen LogP contribution in [0.1, 0.15) is 11.3 Å². The minimum atomic E-state index is -0.605. The fraction of sp³-hybridized carbons (Fsp3) is 0.400. The van der Waals surface area contributed by atoms with Crippen molar-refractivity contribution < 1.29 is 10.0 Å². The van der Waals surface area contributed by atoms with Crippen molar-refractivity contribution in [1.29, 1.82) is 0 Å². The van der Waals surface area contributed by atoms with Crippen molar-refractivity contribution in [3.05, 3.63) is 51.0 Å². The molecule has 1 N–H and O–H groups in total. The lowest BCUT2D eigenvalue weighted by Gasteiger charge is -2.28. The number of β-amino-alcohol motifs (C(OH)–C–C–N with tert-alkyl or cyclic N) is 1. The Kier molecular flexibility index (Phi) is 4.85. The molecule has 3 heterocycles. The van der Waals surface area contributed by atoms with Crippen molar-refractivity contribution in [3.63, 3.8) is 0 Å². The van der Waals surface area contributed by atoms with E-state index in [2.05, 4.69) is 33.6 Å². The molecule has 8 heteroatoms. The van der Waals surface area contributed by atoms with Gasteiger partial charge in [-0.25, -0.2) is 0 Å². The third kappa shape index (κ3) is 4.04. The van der Waals surface area contributed by atoms with E-state index in [-0.39, 0.29) is 12.2 Å². The van der Waals surface area contributed by atoms with Gasteiger partial charge in [0.25, 0.3) is 0 Å². The van der Waals surface area contributed by atoms with Crippen LogP contribution in [0.2, 0.25) is 0 Å². The Labute approximate surface area is 137 Å². The predicted octanol–water partition coefficient (Wildman–Crippen LogP) is 2.00. The Balaban J connectivity index is 1.50. The van der Waals surface area contributed by atoms with E-state index >= 15 is 0 Å². The zero-order valence-electron chi connectivity index (χ0n) is 12.5. The minimum Gasteiger partial charge on any atom is -0.390 e. The van der Waals surface area contributed by atoms with Crippen LogP contribution in [0, 0.1) is 10.1 Å². The number of aliphatic hydroxyl groups excluding tert-OH is 1. The van der Waals surface area contributed by atoms with Gasteiger partial charge in [-0.1, -0.05) is 12.1 Å². The van der Waals surface area contributed by atoms with Gasteiger partial charge in [-0.2, -0.15) is 5.10 Å². The standard InChI is InChI=1S/C15H18N4O3S/c20-14(11-18-9-13(8-16-18)19(21)22)10-17-5-3-12(4-6-17)15-2-1-7-23-15/h1-3,7-9,14,20H,4-6,10-11H2. The molecule has 2 aromatic heterocycles. The Morgan fingerprint density at radius 3 is 2.96 bits per heavy atom. The second kappa shape index (κ2) is 7.03. The van der Waals surface area contributed by atoms with Gasteiger partial charge in [-0.05, 0) is 23.4 Å². The Bertz CT molecular complexity index is 695. The van der Waals surface area contributed by atoms with Crippen molar-refractivity contribution >= 4 is 22.6 Å². The van der Waals surface area contributed by atoms with E-state index < -0.39 is 11.0 Å². The molecule has 122 valence electrons. The first-order valence-electron chi connectivity index (χ1n) is 7.42. The maximum Gasteiger partial charge on any atom is 0.306 e. The lowest BCUT2D eigenvalue weighted by atomic mass is 10.1. The molecule has 0 spiro atoms. The SMILES string of the molecule is O=[N+]([O-])c1cnn(CC(O)CN2CC=C(c3cccs3)CC2)c1. The zero-order chi connectivity index (χ0) is 16.2. The average Bonchev–Trinajstić information content (AvgIpc) is 3.19. The number of aliphatic hydroxyl groups is 1. The topological polar surface area (TPSA) is 84.4 Å². The Morgan fingerprint density at radius 1 is 1.48 bits per heavy atom.